The number of aromatic nitrogens is 2. The Hall–Kier alpha value is -3.00. The summed E-state index contributed by atoms with van der Waals surface area (Å²) in [6.07, 6.45) is 2.84. The maximum Gasteiger partial charge on any atom is 0.276 e. The monoisotopic (exact) mass is 358 g/mol. The van der Waals surface area contributed by atoms with E-state index in [0.29, 0.717) is 16.8 Å². The van der Waals surface area contributed by atoms with Crippen LogP contribution in [-0.2, 0) is 10.0 Å². The van der Waals surface area contributed by atoms with Crippen molar-refractivity contribution in [1.29, 1.82) is 0 Å². The summed E-state index contributed by atoms with van der Waals surface area (Å²) in [6.45, 7) is 1.87. The van der Waals surface area contributed by atoms with Gasteiger partial charge >= 0.3 is 0 Å². The second kappa shape index (κ2) is 6.86. The number of nitrogens with zero attached hydrogens (tertiary/aromatic N) is 2. The van der Waals surface area contributed by atoms with Crippen LogP contribution < -0.4 is 4.83 Å². The fraction of sp³-hybridized carbons (Fsp3) is 0.0588. The summed E-state index contributed by atoms with van der Waals surface area (Å²) in [4.78, 5) is 2.29. The number of nitrogens with one attached hydrogen (secondary N) is 2. The van der Waals surface area contributed by atoms with Gasteiger partial charge in [-0.05, 0) is 43.3 Å². The minimum Gasteiger partial charge on any atom is -0.277 e. The molecule has 25 heavy (non-hydrogen) atoms. The fourth-order valence-corrected chi connectivity index (χ4v) is 2.97. The molecular weight excluding hydrogens is 343 g/mol. The first-order valence-corrected chi connectivity index (χ1v) is 8.85. The van der Waals surface area contributed by atoms with E-state index in [9.17, 15) is 12.8 Å². The second-order valence-electron chi connectivity index (χ2n) is 5.37. The van der Waals surface area contributed by atoms with Crippen LogP contribution in [0.4, 0.5) is 4.39 Å². The van der Waals surface area contributed by atoms with Crippen molar-refractivity contribution in [2.45, 2.75) is 11.8 Å². The Kier molecular flexibility index (Phi) is 4.62. The summed E-state index contributed by atoms with van der Waals surface area (Å²) in [5, 5.41) is 10.5. The molecule has 0 saturated carbocycles. The van der Waals surface area contributed by atoms with Gasteiger partial charge < -0.3 is 0 Å². The molecule has 0 bridgehead atoms. The smallest absolute Gasteiger partial charge is 0.276 e. The van der Waals surface area contributed by atoms with Crippen LogP contribution in [0.3, 0.4) is 0 Å². The second-order valence-corrected chi connectivity index (χ2v) is 7.03. The predicted molar refractivity (Wildman–Crippen MR) is 93.1 cm³/mol. The van der Waals surface area contributed by atoms with E-state index in [4.69, 9.17) is 0 Å². The molecule has 3 rings (SSSR count). The molecule has 0 spiro atoms. The lowest BCUT2D eigenvalue weighted by atomic mass is 10.1. The van der Waals surface area contributed by atoms with Crippen LogP contribution in [0.2, 0.25) is 0 Å². The number of aromatic amines is 1. The summed E-state index contributed by atoms with van der Waals surface area (Å²) < 4.78 is 37.4. The molecule has 0 unspecified atom stereocenters. The van der Waals surface area contributed by atoms with Gasteiger partial charge in [-0.1, -0.05) is 17.7 Å². The van der Waals surface area contributed by atoms with Gasteiger partial charge in [0.15, 0.2) is 0 Å². The highest BCUT2D eigenvalue weighted by Crippen LogP contribution is 2.20. The third-order valence-electron chi connectivity index (χ3n) is 3.51. The topological polar surface area (TPSA) is 87.2 Å². The zero-order chi connectivity index (χ0) is 17.9. The van der Waals surface area contributed by atoms with Gasteiger partial charge in [0.1, 0.15) is 5.82 Å². The van der Waals surface area contributed by atoms with Gasteiger partial charge in [0, 0.05) is 11.1 Å². The number of H-pyrrole nitrogens is 1. The Morgan fingerprint density at radius 3 is 2.48 bits per heavy atom. The van der Waals surface area contributed by atoms with Crippen molar-refractivity contribution in [3.8, 4) is 11.3 Å². The van der Waals surface area contributed by atoms with E-state index < -0.39 is 10.0 Å². The van der Waals surface area contributed by atoms with E-state index in [0.717, 1.165) is 5.56 Å². The Morgan fingerprint density at radius 1 is 1.12 bits per heavy atom. The van der Waals surface area contributed by atoms with Crippen molar-refractivity contribution in [2.24, 2.45) is 5.10 Å². The van der Waals surface area contributed by atoms with Crippen molar-refractivity contribution in [3.05, 3.63) is 71.7 Å². The Balaban J connectivity index is 1.78. The molecule has 2 aromatic carbocycles. The number of rotatable bonds is 5. The maximum absolute atomic E-state index is 13.0. The average molecular weight is 358 g/mol. The van der Waals surface area contributed by atoms with E-state index in [1.807, 2.05) is 6.92 Å². The number of hydrogen-bond acceptors (Lipinski definition) is 4. The average Bonchev–Trinajstić information content (AvgIpc) is 3.04. The lowest BCUT2D eigenvalue weighted by Crippen LogP contribution is -2.18. The molecule has 6 nitrogen and oxygen atoms in total. The molecule has 1 aromatic heterocycles. The van der Waals surface area contributed by atoms with Crippen molar-refractivity contribution in [3.63, 3.8) is 0 Å². The normalized spacial score (nSPS) is 11.8. The van der Waals surface area contributed by atoms with Crippen molar-refractivity contribution >= 4 is 16.2 Å². The lowest BCUT2D eigenvalue weighted by molar-refractivity contribution is 0.584. The van der Waals surface area contributed by atoms with Crippen molar-refractivity contribution in [2.75, 3.05) is 0 Å². The van der Waals surface area contributed by atoms with Crippen LogP contribution >= 0.6 is 0 Å². The molecule has 0 amide bonds. The number of halogens is 1. The highest BCUT2D eigenvalue weighted by atomic mass is 32.2. The third-order valence-corrected chi connectivity index (χ3v) is 4.75. The highest BCUT2D eigenvalue weighted by Gasteiger charge is 2.12. The molecule has 0 fully saturated rings. The van der Waals surface area contributed by atoms with Gasteiger partial charge in [-0.15, -0.1) is 0 Å². The Labute approximate surface area is 144 Å². The molecule has 0 atom stereocenters. The van der Waals surface area contributed by atoms with Crippen LogP contribution in [0, 0.1) is 12.7 Å². The fourth-order valence-electron chi connectivity index (χ4n) is 2.18. The van der Waals surface area contributed by atoms with Gasteiger partial charge in [0.2, 0.25) is 0 Å². The summed E-state index contributed by atoms with van der Waals surface area (Å²) in [5.74, 6) is -0.343. The molecule has 0 radical (unpaired) electrons. The molecule has 8 heteroatoms. The van der Waals surface area contributed by atoms with Gasteiger partial charge in [-0.2, -0.15) is 18.6 Å². The SMILES string of the molecule is Cc1ccc(S(=O)(=O)N/N=C/c2cn[nH]c2-c2ccc(F)cc2)cc1. The highest BCUT2D eigenvalue weighted by molar-refractivity contribution is 7.89. The van der Waals surface area contributed by atoms with Crippen LogP contribution in [0.1, 0.15) is 11.1 Å². The van der Waals surface area contributed by atoms with Crippen LogP contribution in [0.5, 0.6) is 0 Å². The van der Waals surface area contributed by atoms with Gasteiger partial charge in [-0.25, -0.2) is 9.22 Å². The third kappa shape index (κ3) is 3.92. The van der Waals surface area contributed by atoms with E-state index in [-0.39, 0.29) is 10.7 Å². The number of aryl methyl sites for hydroxylation is 1. The molecule has 0 saturated heterocycles. The first-order chi connectivity index (χ1) is 12.0. The van der Waals surface area contributed by atoms with Crippen LogP contribution in [0.25, 0.3) is 11.3 Å². The minimum atomic E-state index is -3.74. The lowest BCUT2D eigenvalue weighted by Gasteiger charge is -2.03. The largest absolute Gasteiger partial charge is 0.277 e. The summed E-state index contributed by atoms with van der Waals surface area (Å²) in [7, 11) is -3.74. The number of hydrogen-bond donors (Lipinski definition) is 2. The first-order valence-electron chi connectivity index (χ1n) is 7.36. The molecule has 2 N–H and O–H groups in total. The summed E-state index contributed by atoms with van der Waals surface area (Å²) in [6, 6.07) is 12.3. The van der Waals surface area contributed by atoms with Gasteiger partial charge in [0.05, 0.1) is 23.0 Å². The molecule has 1 heterocycles. The molecule has 0 aliphatic carbocycles. The maximum atomic E-state index is 13.0. The van der Waals surface area contributed by atoms with Crippen molar-refractivity contribution in [1.82, 2.24) is 15.0 Å². The zero-order valence-corrected chi connectivity index (χ0v) is 14.1. The zero-order valence-electron chi connectivity index (χ0n) is 13.3. The summed E-state index contributed by atoms with van der Waals surface area (Å²) >= 11 is 0. The van der Waals surface area contributed by atoms with Crippen LogP contribution in [-0.4, -0.2) is 24.8 Å². The molecule has 0 aliphatic rings. The van der Waals surface area contributed by atoms with Crippen LogP contribution in [0.15, 0.2) is 64.7 Å². The standard InChI is InChI=1S/C17H15FN4O2S/c1-12-2-8-16(9-3-12)25(23,24)22-20-11-14-10-19-21-17(14)13-4-6-15(18)7-5-13/h2-11,22H,1H3,(H,19,21)/b20-11+. The summed E-state index contributed by atoms with van der Waals surface area (Å²) in [5.41, 5.74) is 2.85. The molecule has 128 valence electrons. The Morgan fingerprint density at radius 2 is 1.80 bits per heavy atom. The van der Waals surface area contributed by atoms with E-state index in [1.54, 1.807) is 24.3 Å². The number of benzene rings is 2. The number of sulfonamides is 1. The first kappa shape index (κ1) is 16.8. The molecule has 0 aliphatic heterocycles. The van der Waals surface area contributed by atoms with Gasteiger partial charge in [0.25, 0.3) is 10.0 Å². The van der Waals surface area contributed by atoms with E-state index in [1.165, 1.54) is 36.7 Å². The molecule has 3 aromatic rings. The molecular formula is C17H15FN4O2S. The number of hydrazone groups is 1. The predicted octanol–water partition coefficient (Wildman–Crippen LogP) is 2.84. The quantitative estimate of drug-likeness (QED) is 0.543. The van der Waals surface area contributed by atoms with E-state index >= 15 is 0 Å². The Bertz CT molecular complexity index is 994. The van der Waals surface area contributed by atoms with E-state index in [2.05, 4.69) is 20.1 Å². The minimum absolute atomic E-state index is 0.126. The van der Waals surface area contributed by atoms with Crippen molar-refractivity contribution < 1.29 is 12.8 Å². The van der Waals surface area contributed by atoms with Gasteiger partial charge in [-0.3, -0.25) is 5.10 Å².